The minimum atomic E-state index is -0.0597. The zero-order valence-electron chi connectivity index (χ0n) is 13.0. The highest BCUT2D eigenvalue weighted by molar-refractivity contribution is 5.98. The molecule has 0 aromatic heterocycles. The number of hydrogen-bond donors (Lipinski definition) is 1. The topological polar surface area (TPSA) is 61.9 Å². The summed E-state index contributed by atoms with van der Waals surface area (Å²) in [6, 6.07) is 5.82. The second-order valence-corrected chi connectivity index (χ2v) is 5.90. The van der Waals surface area contributed by atoms with Gasteiger partial charge in [0.1, 0.15) is 18.4 Å². The zero-order chi connectivity index (χ0) is 15.7. The van der Waals surface area contributed by atoms with Gasteiger partial charge in [-0.25, -0.2) is 0 Å². The molecule has 118 valence electrons. The molecule has 6 nitrogen and oxygen atoms in total. The predicted octanol–water partition coefficient (Wildman–Crippen LogP) is 0.541. The Kier molecular flexibility index (Phi) is 4.02. The first-order valence-electron chi connectivity index (χ1n) is 7.61. The van der Waals surface area contributed by atoms with Crippen molar-refractivity contribution in [3.8, 4) is 5.75 Å². The van der Waals surface area contributed by atoms with E-state index in [1.807, 2.05) is 32.0 Å². The summed E-state index contributed by atoms with van der Waals surface area (Å²) < 4.78 is 5.82. The molecule has 0 unspecified atom stereocenters. The highest BCUT2D eigenvalue weighted by atomic mass is 16.5. The fourth-order valence-electron chi connectivity index (χ4n) is 2.85. The Morgan fingerprint density at radius 2 is 2.27 bits per heavy atom. The lowest BCUT2D eigenvalue weighted by Gasteiger charge is -2.35. The number of carbonyl (C=O) groups excluding carboxylic acids is 2. The van der Waals surface area contributed by atoms with Gasteiger partial charge in [0.25, 0.3) is 0 Å². The van der Waals surface area contributed by atoms with E-state index in [4.69, 9.17) is 4.74 Å². The number of nitrogens with zero attached hydrogens (tertiary/aromatic N) is 2. The Bertz CT molecular complexity index is 602. The van der Waals surface area contributed by atoms with Gasteiger partial charge in [0.2, 0.25) is 11.8 Å². The van der Waals surface area contributed by atoms with Gasteiger partial charge < -0.3 is 19.9 Å². The Balaban J connectivity index is 1.79. The van der Waals surface area contributed by atoms with E-state index in [9.17, 15) is 9.59 Å². The molecule has 1 aromatic rings. The van der Waals surface area contributed by atoms with Gasteiger partial charge in [0.05, 0.1) is 18.8 Å². The van der Waals surface area contributed by atoms with Gasteiger partial charge >= 0.3 is 0 Å². The molecule has 1 atom stereocenters. The SMILES string of the molecule is Cc1ccc2c(c1)O[C@H](C)CN2C(=O)CN1CCNCC1=O. The van der Waals surface area contributed by atoms with Crippen molar-refractivity contribution in [2.45, 2.75) is 20.0 Å². The summed E-state index contributed by atoms with van der Waals surface area (Å²) in [6.45, 7) is 6.19. The van der Waals surface area contributed by atoms with Gasteiger partial charge in [-0.2, -0.15) is 0 Å². The number of rotatable bonds is 2. The van der Waals surface area contributed by atoms with Crippen LogP contribution in [-0.4, -0.2) is 55.5 Å². The second kappa shape index (κ2) is 5.96. The molecule has 0 bridgehead atoms. The van der Waals surface area contributed by atoms with Crippen LogP contribution >= 0.6 is 0 Å². The number of aryl methyl sites for hydroxylation is 1. The lowest BCUT2D eigenvalue weighted by molar-refractivity contribution is -0.136. The normalized spacial score (nSPS) is 21.4. The van der Waals surface area contributed by atoms with E-state index in [0.29, 0.717) is 19.6 Å². The molecule has 1 aromatic carbocycles. The van der Waals surface area contributed by atoms with Crippen LogP contribution in [0.25, 0.3) is 0 Å². The fraction of sp³-hybridized carbons (Fsp3) is 0.500. The molecule has 2 aliphatic rings. The number of amides is 2. The highest BCUT2D eigenvalue weighted by Gasteiger charge is 2.30. The summed E-state index contributed by atoms with van der Waals surface area (Å²) >= 11 is 0. The summed E-state index contributed by atoms with van der Waals surface area (Å²) in [6.07, 6.45) is -0.0584. The average molecular weight is 303 g/mol. The van der Waals surface area contributed by atoms with Crippen LogP contribution in [0.2, 0.25) is 0 Å². The first-order valence-corrected chi connectivity index (χ1v) is 7.61. The van der Waals surface area contributed by atoms with Gasteiger partial charge in [0, 0.05) is 13.1 Å². The van der Waals surface area contributed by atoms with E-state index in [1.165, 1.54) is 0 Å². The Hall–Kier alpha value is -2.08. The third-order valence-corrected chi connectivity index (χ3v) is 3.99. The van der Waals surface area contributed by atoms with E-state index in [1.54, 1.807) is 9.80 Å². The van der Waals surface area contributed by atoms with Crippen LogP contribution in [0.3, 0.4) is 0 Å². The number of benzene rings is 1. The van der Waals surface area contributed by atoms with Crippen molar-refractivity contribution in [3.05, 3.63) is 23.8 Å². The van der Waals surface area contributed by atoms with Crippen molar-refractivity contribution in [2.75, 3.05) is 37.6 Å². The van der Waals surface area contributed by atoms with Gasteiger partial charge in [-0.15, -0.1) is 0 Å². The Labute approximate surface area is 130 Å². The van der Waals surface area contributed by atoms with Crippen LogP contribution < -0.4 is 15.0 Å². The smallest absolute Gasteiger partial charge is 0.246 e. The Morgan fingerprint density at radius 3 is 3.05 bits per heavy atom. The summed E-state index contributed by atoms with van der Waals surface area (Å²) in [5, 5.41) is 3.01. The predicted molar refractivity (Wildman–Crippen MR) is 83.1 cm³/mol. The third-order valence-electron chi connectivity index (χ3n) is 3.99. The molecule has 0 saturated carbocycles. The van der Waals surface area contributed by atoms with E-state index >= 15 is 0 Å². The summed E-state index contributed by atoms with van der Waals surface area (Å²) in [5.41, 5.74) is 1.88. The highest BCUT2D eigenvalue weighted by Crippen LogP contribution is 2.34. The van der Waals surface area contributed by atoms with Crippen molar-refractivity contribution in [1.29, 1.82) is 0 Å². The van der Waals surface area contributed by atoms with Gasteiger partial charge in [-0.1, -0.05) is 6.07 Å². The standard InChI is InChI=1S/C16H21N3O3/c1-11-3-4-13-14(7-11)22-12(2)9-19(13)16(21)10-18-6-5-17-8-15(18)20/h3-4,7,12,17H,5-6,8-10H2,1-2H3/t12-/m1/s1. The number of nitrogens with one attached hydrogen (secondary N) is 1. The van der Waals surface area contributed by atoms with Crippen molar-refractivity contribution in [1.82, 2.24) is 10.2 Å². The summed E-state index contributed by atoms with van der Waals surface area (Å²) in [5.74, 6) is 0.652. The number of fused-ring (bicyclic) bond motifs is 1. The van der Waals surface area contributed by atoms with E-state index in [0.717, 1.165) is 23.5 Å². The van der Waals surface area contributed by atoms with Crippen LogP contribution in [0, 0.1) is 6.92 Å². The molecule has 3 rings (SSSR count). The van der Waals surface area contributed by atoms with Crippen LogP contribution in [0.5, 0.6) is 5.75 Å². The maximum absolute atomic E-state index is 12.7. The maximum atomic E-state index is 12.7. The van der Waals surface area contributed by atoms with Gasteiger partial charge in [-0.3, -0.25) is 9.59 Å². The summed E-state index contributed by atoms with van der Waals surface area (Å²) in [7, 11) is 0. The van der Waals surface area contributed by atoms with E-state index in [-0.39, 0.29) is 24.5 Å². The van der Waals surface area contributed by atoms with Gasteiger partial charge in [-0.05, 0) is 31.5 Å². The molecule has 1 fully saturated rings. The number of piperazine rings is 1. The molecule has 2 heterocycles. The number of hydrogen-bond acceptors (Lipinski definition) is 4. The second-order valence-electron chi connectivity index (χ2n) is 5.90. The monoisotopic (exact) mass is 303 g/mol. The van der Waals surface area contributed by atoms with Crippen molar-refractivity contribution in [2.24, 2.45) is 0 Å². The minimum absolute atomic E-state index is 0.0231. The van der Waals surface area contributed by atoms with Crippen LogP contribution in [0.1, 0.15) is 12.5 Å². The van der Waals surface area contributed by atoms with Crippen molar-refractivity contribution >= 4 is 17.5 Å². The first-order chi connectivity index (χ1) is 10.5. The fourth-order valence-corrected chi connectivity index (χ4v) is 2.85. The molecule has 1 N–H and O–H groups in total. The lowest BCUT2D eigenvalue weighted by Crippen LogP contribution is -2.53. The zero-order valence-corrected chi connectivity index (χ0v) is 13.0. The molecule has 0 radical (unpaired) electrons. The minimum Gasteiger partial charge on any atom is -0.487 e. The molecular formula is C16H21N3O3. The van der Waals surface area contributed by atoms with Crippen molar-refractivity contribution < 1.29 is 14.3 Å². The van der Waals surface area contributed by atoms with E-state index in [2.05, 4.69) is 5.32 Å². The molecule has 0 spiro atoms. The number of anilines is 1. The molecule has 2 amide bonds. The van der Waals surface area contributed by atoms with Crippen LogP contribution in [0.4, 0.5) is 5.69 Å². The first kappa shape index (κ1) is 14.8. The molecule has 1 saturated heterocycles. The van der Waals surface area contributed by atoms with E-state index < -0.39 is 0 Å². The lowest BCUT2D eigenvalue weighted by atomic mass is 10.1. The average Bonchev–Trinajstić information content (AvgIpc) is 2.48. The molecule has 0 aliphatic carbocycles. The largest absolute Gasteiger partial charge is 0.487 e. The maximum Gasteiger partial charge on any atom is 0.246 e. The summed E-state index contributed by atoms with van der Waals surface area (Å²) in [4.78, 5) is 27.8. The number of ether oxygens (including phenoxy) is 1. The molecular weight excluding hydrogens is 282 g/mol. The number of carbonyl (C=O) groups is 2. The molecule has 22 heavy (non-hydrogen) atoms. The van der Waals surface area contributed by atoms with Crippen molar-refractivity contribution in [3.63, 3.8) is 0 Å². The van der Waals surface area contributed by atoms with Crippen LogP contribution in [0.15, 0.2) is 18.2 Å². The Morgan fingerprint density at radius 1 is 1.45 bits per heavy atom. The molecule has 6 heteroatoms. The third kappa shape index (κ3) is 2.92. The quantitative estimate of drug-likeness (QED) is 0.866. The van der Waals surface area contributed by atoms with Crippen LogP contribution in [-0.2, 0) is 9.59 Å². The van der Waals surface area contributed by atoms with Gasteiger partial charge in [0.15, 0.2) is 0 Å². The molecule has 2 aliphatic heterocycles.